The van der Waals surface area contributed by atoms with E-state index in [9.17, 15) is 4.79 Å². The van der Waals surface area contributed by atoms with Crippen LogP contribution in [0.1, 0.15) is 12.8 Å². The van der Waals surface area contributed by atoms with Gasteiger partial charge in [-0.3, -0.25) is 10.1 Å². The number of thioether (sulfide) groups is 1. The minimum absolute atomic E-state index is 0.175. The second-order valence-electron chi connectivity index (χ2n) is 3.39. The third-order valence-corrected chi connectivity index (χ3v) is 4.56. The van der Waals surface area contributed by atoms with E-state index in [1.807, 2.05) is 0 Å². The lowest BCUT2D eigenvalue weighted by atomic mass is 10.4. The summed E-state index contributed by atoms with van der Waals surface area (Å²) in [6.07, 6.45) is 3.26. The SMILES string of the molecule is C=CCSc1nnc(NC(=O)C2(Cl)CC2)s1. The van der Waals surface area contributed by atoms with Crippen molar-refractivity contribution in [2.24, 2.45) is 0 Å². The number of hydrogen-bond acceptors (Lipinski definition) is 5. The molecule has 0 radical (unpaired) electrons. The summed E-state index contributed by atoms with van der Waals surface area (Å²) in [5.74, 6) is 0.604. The topological polar surface area (TPSA) is 54.9 Å². The summed E-state index contributed by atoms with van der Waals surface area (Å²) in [5, 5.41) is 11.0. The molecule has 1 fully saturated rings. The molecule has 4 nitrogen and oxygen atoms in total. The number of halogens is 1. The van der Waals surface area contributed by atoms with Crippen LogP contribution in [0, 0.1) is 0 Å². The van der Waals surface area contributed by atoms with Crippen molar-refractivity contribution in [2.45, 2.75) is 22.1 Å². The quantitative estimate of drug-likeness (QED) is 0.388. The standard InChI is InChI=1S/C9H10ClN3OS2/c1-2-5-15-8-13-12-7(16-8)11-6(14)9(10)3-4-9/h2H,1,3-5H2,(H,11,12,14). The van der Waals surface area contributed by atoms with Gasteiger partial charge in [0.2, 0.25) is 11.0 Å². The molecule has 0 spiro atoms. The number of carbonyl (C=O) groups excluding carboxylic acids is 1. The number of anilines is 1. The zero-order chi connectivity index (χ0) is 11.6. The van der Waals surface area contributed by atoms with E-state index in [1.54, 1.807) is 6.08 Å². The van der Waals surface area contributed by atoms with Gasteiger partial charge in [-0.1, -0.05) is 29.2 Å². The largest absolute Gasteiger partial charge is 0.299 e. The van der Waals surface area contributed by atoms with E-state index >= 15 is 0 Å². The summed E-state index contributed by atoms with van der Waals surface area (Å²) in [7, 11) is 0. The van der Waals surface area contributed by atoms with E-state index in [4.69, 9.17) is 11.6 Å². The molecular formula is C9H10ClN3OS2. The maximum atomic E-state index is 11.6. The van der Waals surface area contributed by atoms with Gasteiger partial charge < -0.3 is 0 Å². The second-order valence-corrected chi connectivity index (χ2v) is 6.36. The summed E-state index contributed by atoms with van der Waals surface area (Å²) in [4.78, 5) is 10.9. The van der Waals surface area contributed by atoms with Gasteiger partial charge in [-0.05, 0) is 12.8 Å². The van der Waals surface area contributed by atoms with Crippen LogP contribution in [-0.2, 0) is 4.79 Å². The van der Waals surface area contributed by atoms with Gasteiger partial charge in [-0.25, -0.2) is 0 Å². The van der Waals surface area contributed by atoms with Crippen molar-refractivity contribution >= 4 is 45.7 Å². The molecule has 1 N–H and O–H groups in total. The van der Waals surface area contributed by atoms with Gasteiger partial charge >= 0.3 is 0 Å². The molecular weight excluding hydrogens is 266 g/mol. The van der Waals surface area contributed by atoms with E-state index in [-0.39, 0.29) is 5.91 Å². The van der Waals surface area contributed by atoms with Crippen LogP contribution < -0.4 is 5.32 Å². The minimum Gasteiger partial charge on any atom is -0.299 e. The lowest BCUT2D eigenvalue weighted by molar-refractivity contribution is -0.116. The zero-order valence-electron chi connectivity index (χ0n) is 8.40. The number of aromatic nitrogens is 2. The summed E-state index contributed by atoms with van der Waals surface area (Å²) in [5.41, 5.74) is 0. The third-order valence-electron chi connectivity index (χ3n) is 2.05. The summed E-state index contributed by atoms with van der Waals surface area (Å²) in [6.45, 7) is 3.62. The lowest BCUT2D eigenvalue weighted by Gasteiger charge is -2.03. The van der Waals surface area contributed by atoms with Crippen LogP contribution in [0.2, 0.25) is 0 Å². The highest BCUT2D eigenvalue weighted by Crippen LogP contribution is 2.43. The fourth-order valence-corrected chi connectivity index (χ4v) is 2.64. The number of rotatable bonds is 5. The van der Waals surface area contributed by atoms with Crippen LogP contribution in [-0.4, -0.2) is 26.7 Å². The highest BCUT2D eigenvalue weighted by atomic mass is 35.5. The van der Waals surface area contributed by atoms with Crippen LogP contribution in [0.3, 0.4) is 0 Å². The number of carbonyl (C=O) groups is 1. The van der Waals surface area contributed by atoms with Crippen LogP contribution in [0.25, 0.3) is 0 Å². The Morgan fingerprint density at radius 1 is 1.69 bits per heavy atom. The first-order valence-electron chi connectivity index (χ1n) is 4.71. The normalized spacial score (nSPS) is 16.8. The maximum absolute atomic E-state index is 11.6. The molecule has 0 atom stereocenters. The van der Waals surface area contributed by atoms with Crippen LogP contribution in [0.15, 0.2) is 17.0 Å². The molecule has 1 aromatic heterocycles. The van der Waals surface area contributed by atoms with Crippen LogP contribution in [0.4, 0.5) is 5.13 Å². The van der Waals surface area contributed by atoms with Crippen molar-refractivity contribution in [3.63, 3.8) is 0 Å². The Kier molecular flexibility index (Phi) is 3.51. The molecule has 0 bridgehead atoms. The van der Waals surface area contributed by atoms with E-state index in [2.05, 4.69) is 22.1 Å². The van der Waals surface area contributed by atoms with E-state index < -0.39 is 4.87 Å². The fraction of sp³-hybridized carbons (Fsp3) is 0.444. The van der Waals surface area contributed by atoms with Crippen molar-refractivity contribution in [3.05, 3.63) is 12.7 Å². The highest BCUT2D eigenvalue weighted by molar-refractivity contribution is 8.01. The number of nitrogens with one attached hydrogen (secondary N) is 1. The van der Waals surface area contributed by atoms with Gasteiger partial charge in [-0.15, -0.1) is 28.4 Å². The van der Waals surface area contributed by atoms with E-state index in [0.29, 0.717) is 5.13 Å². The molecule has 1 saturated carbocycles. The molecule has 1 aliphatic carbocycles. The van der Waals surface area contributed by atoms with Gasteiger partial charge in [0, 0.05) is 5.75 Å². The molecule has 86 valence electrons. The molecule has 0 unspecified atom stereocenters. The lowest BCUT2D eigenvalue weighted by Crippen LogP contribution is -2.24. The average Bonchev–Trinajstić information content (AvgIpc) is 2.87. The number of alkyl halides is 1. The van der Waals surface area contributed by atoms with Crippen molar-refractivity contribution in [3.8, 4) is 0 Å². The maximum Gasteiger partial charge on any atom is 0.247 e. The summed E-state index contributed by atoms with van der Waals surface area (Å²) >= 11 is 8.84. The first kappa shape index (κ1) is 11.9. The van der Waals surface area contributed by atoms with Gasteiger partial charge in [0.1, 0.15) is 4.87 Å². The van der Waals surface area contributed by atoms with Crippen molar-refractivity contribution in [2.75, 3.05) is 11.1 Å². The van der Waals surface area contributed by atoms with Crippen LogP contribution >= 0.6 is 34.7 Å². The molecule has 1 amide bonds. The molecule has 0 saturated heterocycles. The highest BCUT2D eigenvalue weighted by Gasteiger charge is 2.48. The predicted octanol–water partition coefficient (Wildman–Crippen LogP) is 2.53. The summed E-state index contributed by atoms with van der Waals surface area (Å²) < 4.78 is 0.814. The molecule has 0 aromatic carbocycles. The predicted molar refractivity (Wildman–Crippen MR) is 67.3 cm³/mol. The second kappa shape index (κ2) is 4.73. The zero-order valence-corrected chi connectivity index (χ0v) is 10.8. The number of amides is 1. The molecule has 1 heterocycles. The monoisotopic (exact) mass is 275 g/mol. The first-order valence-corrected chi connectivity index (χ1v) is 6.90. The Morgan fingerprint density at radius 2 is 2.44 bits per heavy atom. The smallest absolute Gasteiger partial charge is 0.247 e. The summed E-state index contributed by atoms with van der Waals surface area (Å²) in [6, 6.07) is 0. The fourth-order valence-electron chi connectivity index (χ4n) is 0.995. The molecule has 2 rings (SSSR count). The van der Waals surface area contributed by atoms with Gasteiger partial charge in [0.15, 0.2) is 4.34 Å². The van der Waals surface area contributed by atoms with Crippen molar-refractivity contribution < 1.29 is 4.79 Å². The number of hydrogen-bond donors (Lipinski definition) is 1. The van der Waals surface area contributed by atoms with Gasteiger partial charge in [0.25, 0.3) is 0 Å². The Bertz CT molecular complexity index is 417. The molecule has 0 aliphatic heterocycles. The minimum atomic E-state index is -0.694. The Hall–Kier alpha value is -0.590. The van der Waals surface area contributed by atoms with Gasteiger partial charge in [-0.2, -0.15) is 0 Å². The van der Waals surface area contributed by atoms with Crippen molar-refractivity contribution in [1.29, 1.82) is 0 Å². The van der Waals surface area contributed by atoms with Crippen molar-refractivity contribution in [1.82, 2.24) is 10.2 Å². The van der Waals surface area contributed by atoms with Gasteiger partial charge in [0.05, 0.1) is 0 Å². The Balaban J connectivity index is 1.92. The van der Waals surface area contributed by atoms with E-state index in [1.165, 1.54) is 23.1 Å². The third kappa shape index (κ3) is 2.75. The molecule has 7 heteroatoms. The Morgan fingerprint density at radius 3 is 3.06 bits per heavy atom. The average molecular weight is 276 g/mol. The molecule has 1 aliphatic rings. The Labute approximate surface area is 106 Å². The molecule has 16 heavy (non-hydrogen) atoms. The van der Waals surface area contributed by atoms with E-state index in [0.717, 1.165) is 22.9 Å². The van der Waals surface area contributed by atoms with Crippen LogP contribution in [0.5, 0.6) is 0 Å². The molecule has 1 aromatic rings. The number of nitrogens with zero attached hydrogens (tertiary/aromatic N) is 2. The first-order chi connectivity index (χ1) is 7.64.